The number of carbonyl (C=O) groups is 1. The molecule has 0 saturated heterocycles. The molecule has 2 aromatic carbocycles. The van der Waals surface area contributed by atoms with Crippen LogP contribution in [0.15, 0.2) is 40.9 Å². The number of nitrogens with one attached hydrogen (secondary N) is 1. The van der Waals surface area contributed by atoms with Gasteiger partial charge in [0.25, 0.3) is 0 Å². The fourth-order valence-corrected chi connectivity index (χ4v) is 2.42. The van der Waals surface area contributed by atoms with Gasteiger partial charge in [-0.25, -0.2) is 9.18 Å². The quantitative estimate of drug-likeness (QED) is 0.849. The largest absolute Gasteiger partial charge is 0.346 e. The number of halogens is 2. The van der Waals surface area contributed by atoms with E-state index in [4.69, 9.17) is 0 Å². The lowest BCUT2D eigenvalue weighted by atomic mass is 10.0. The molecule has 18 heavy (non-hydrogen) atoms. The fourth-order valence-electron chi connectivity index (χ4n) is 1.86. The van der Waals surface area contributed by atoms with Crippen LogP contribution >= 0.6 is 15.9 Å². The Kier molecular flexibility index (Phi) is 2.56. The van der Waals surface area contributed by atoms with Crippen LogP contribution in [0, 0.1) is 5.82 Å². The van der Waals surface area contributed by atoms with Crippen molar-refractivity contribution in [2.75, 3.05) is 5.32 Å². The van der Waals surface area contributed by atoms with Crippen molar-refractivity contribution >= 4 is 33.3 Å². The van der Waals surface area contributed by atoms with E-state index in [9.17, 15) is 9.18 Å². The molecule has 0 aliphatic carbocycles. The summed E-state index contributed by atoms with van der Waals surface area (Å²) in [5.41, 5.74) is 3.03. The molecule has 1 heterocycles. The van der Waals surface area contributed by atoms with Crippen LogP contribution in [0.25, 0.3) is 11.1 Å². The maximum Gasteiger partial charge on any atom is 0.346 e. The van der Waals surface area contributed by atoms with Crippen LogP contribution in [0.5, 0.6) is 0 Å². The molecule has 3 nitrogen and oxygen atoms in total. The molecule has 0 bridgehead atoms. The highest BCUT2D eigenvalue weighted by molar-refractivity contribution is 9.10. The fraction of sp³-hybridized carbons (Fsp3) is 0. The third kappa shape index (κ3) is 1.86. The van der Waals surface area contributed by atoms with Gasteiger partial charge in [0.05, 0.1) is 11.4 Å². The third-order valence-corrected chi connectivity index (χ3v) is 3.36. The Labute approximate surface area is 111 Å². The summed E-state index contributed by atoms with van der Waals surface area (Å²) < 4.78 is 13.7. The molecule has 3 rings (SSSR count). The number of hydrogen-bond acceptors (Lipinski definition) is 1. The van der Waals surface area contributed by atoms with Gasteiger partial charge in [-0.15, -0.1) is 0 Å². The van der Waals surface area contributed by atoms with Crippen molar-refractivity contribution in [2.24, 2.45) is 0 Å². The Morgan fingerprint density at radius 2 is 1.89 bits per heavy atom. The molecule has 2 aromatic rings. The Morgan fingerprint density at radius 3 is 2.61 bits per heavy atom. The molecular weight excluding hydrogens is 299 g/mol. The first-order valence-corrected chi connectivity index (χ1v) is 6.05. The molecule has 1 aliphatic rings. The second kappa shape index (κ2) is 4.10. The van der Waals surface area contributed by atoms with Crippen LogP contribution in [0.2, 0.25) is 0 Å². The molecule has 2 amide bonds. The van der Waals surface area contributed by atoms with E-state index in [1.807, 2.05) is 6.07 Å². The first-order chi connectivity index (χ1) is 8.63. The summed E-state index contributed by atoms with van der Waals surface area (Å²) in [6.45, 7) is 0. The summed E-state index contributed by atoms with van der Waals surface area (Å²) in [5, 5.41) is 6.47. The van der Waals surface area contributed by atoms with Gasteiger partial charge in [0.15, 0.2) is 0 Å². The first-order valence-electron chi connectivity index (χ1n) is 5.26. The van der Waals surface area contributed by atoms with Gasteiger partial charge in [-0.2, -0.15) is 5.32 Å². The van der Waals surface area contributed by atoms with Crippen LogP contribution < -0.4 is 10.6 Å². The maximum absolute atomic E-state index is 12.9. The molecule has 0 fully saturated rings. The Balaban J connectivity index is 2.11. The van der Waals surface area contributed by atoms with E-state index in [0.717, 1.165) is 15.6 Å². The predicted molar refractivity (Wildman–Crippen MR) is 70.3 cm³/mol. The van der Waals surface area contributed by atoms with Crippen molar-refractivity contribution < 1.29 is 9.18 Å². The number of fused-ring (bicyclic) bond motifs is 1. The molecular formula is C13H7BrFN2O. The number of urea groups is 1. The van der Waals surface area contributed by atoms with Crippen molar-refractivity contribution in [1.29, 1.82) is 0 Å². The van der Waals surface area contributed by atoms with Gasteiger partial charge in [0.1, 0.15) is 5.82 Å². The van der Waals surface area contributed by atoms with Crippen LogP contribution in [0.3, 0.4) is 0 Å². The van der Waals surface area contributed by atoms with E-state index in [1.165, 1.54) is 12.1 Å². The van der Waals surface area contributed by atoms with Gasteiger partial charge < -0.3 is 5.32 Å². The van der Waals surface area contributed by atoms with Crippen LogP contribution in [-0.4, -0.2) is 6.03 Å². The van der Waals surface area contributed by atoms with E-state index in [0.29, 0.717) is 11.4 Å². The lowest BCUT2D eigenvalue weighted by Gasteiger charge is -2.07. The average molecular weight is 306 g/mol. The van der Waals surface area contributed by atoms with Crippen LogP contribution in [-0.2, 0) is 0 Å². The SMILES string of the molecule is O=C1[N]c2cc(Br)c(-c3ccc(F)cc3)cc2N1. The van der Waals surface area contributed by atoms with E-state index in [2.05, 4.69) is 26.6 Å². The van der Waals surface area contributed by atoms with Crippen molar-refractivity contribution in [2.45, 2.75) is 0 Å². The zero-order valence-corrected chi connectivity index (χ0v) is 10.7. The van der Waals surface area contributed by atoms with Crippen LogP contribution in [0.1, 0.15) is 0 Å². The molecule has 5 heteroatoms. The summed E-state index contributed by atoms with van der Waals surface area (Å²) >= 11 is 3.43. The molecule has 1 N–H and O–H groups in total. The number of rotatable bonds is 1. The monoisotopic (exact) mass is 305 g/mol. The maximum atomic E-state index is 12.9. The number of amides is 2. The van der Waals surface area contributed by atoms with Gasteiger partial charge >= 0.3 is 6.03 Å². The van der Waals surface area contributed by atoms with Gasteiger partial charge in [0.2, 0.25) is 0 Å². The smallest absolute Gasteiger partial charge is 0.304 e. The van der Waals surface area contributed by atoms with Gasteiger partial charge in [-0.05, 0) is 35.4 Å². The number of carbonyl (C=O) groups excluding carboxylic acids is 1. The van der Waals surface area contributed by atoms with Crippen molar-refractivity contribution in [3.63, 3.8) is 0 Å². The van der Waals surface area contributed by atoms with E-state index >= 15 is 0 Å². The molecule has 0 spiro atoms. The van der Waals surface area contributed by atoms with Crippen molar-refractivity contribution in [3.8, 4) is 11.1 Å². The van der Waals surface area contributed by atoms with E-state index in [1.54, 1.807) is 18.2 Å². The van der Waals surface area contributed by atoms with Gasteiger partial charge in [-0.1, -0.05) is 28.1 Å². The molecule has 0 atom stereocenters. The number of benzene rings is 2. The lowest BCUT2D eigenvalue weighted by Crippen LogP contribution is -2.08. The van der Waals surface area contributed by atoms with Gasteiger partial charge in [-0.3, -0.25) is 0 Å². The second-order valence-corrected chi connectivity index (χ2v) is 4.75. The topological polar surface area (TPSA) is 43.2 Å². The first kappa shape index (κ1) is 11.2. The summed E-state index contributed by atoms with van der Waals surface area (Å²) in [6, 6.07) is 9.40. The summed E-state index contributed by atoms with van der Waals surface area (Å²) in [6.07, 6.45) is 0. The number of anilines is 1. The molecule has 0 aromatic heterocycles. The Morgan fingerprint density at radius 1 is 1.17 bits per heavy atom. The third-order valence-electron chi connectivity index (χ3n) is 2.70. The zero-order valence-electron chi connectivity index (χ0n) is 9.08. The second-order valence-electron chi connectivity index (χ2n) is 3.90. The Hall–Kier alpha value is -1.88. The Bertz CT molecular complexity index is 640. The summed E-state index contributed by atoms with van der Waals surface area (Å²) in [7, 11) is 0. The highest BCUT2D eigenvalue weighted by Gasteiger charge is 2.20. The minimum Gasteiger partial charge on any atom is -0.304 e. The zero-order chi connectivity index (χ0) is 12.7. The summed E-state index contributed by atoms with van der Waals surface area (Å²) in [5.74, 6) is -0.278. The van der Waals surface area contributed by atoms with Crippen molar-refractivity contribution in [3.05, 3.63) is 46.7 Å². The normalized spacial score (nSPS) is 12.9. The minimum absolute atomic E-state index is 0.278. The predicted octanol–water partition coefficient (Wildman–Crippen LogP) is 4.04. The van der Waals surface area contributed by atoms with E-state index < -0.39 is 0 Å². The highest BCUT2D eigenvalue weighted by Crippen LogP contribution is 2.38. The van der Waals surface area contributed by atoms with E-state index in [-0.39, 0.29) is 11.8 Å². The molecule has 1 aliphatic heterocycles. The molecule has 0 unspecified atom stereocenters. The van der Waals surface area contributed by atoms with Crippen LogP contribution in [0.4, 0.5) is 20.6 Å². The number of nitrogens with zero attached hydrogens (tertiary/aromatic N) is 1. The highest BCUT2D eigenvalue weighted by atomic mass is 79.9. The minimum atomic E-state index is -0.367. The summed E-state index contributed by atoms with van der Waals surface area (Å²) in [4.78, 5) is 11.2. The lowest BCUT2D eigenvalue weighted by molar-refractivity contribution is 0.256. The molecule has 89 valence electrons. The molecule has 1 radical (unpaired) electrons. The van der Waals surface area contributed by atoms with Gasteiger partial charge in [0, 0.05) is 4.47 Å². The average Bonchev–Trinajstić information content (AvgIpc) is 2.68. The van der Waals surface area contributed by atoms with Crippen molar-refractivity contribution in [1.82, 2.24) is 5.32 Å². The standard InChI is InChI=1S/C13H7BrFN2O/c14-10-6-12-11(16-13(18)17-12)5-9(10)7-1-3-8(15)4-2-7/h1-6H,(H,16,18). The number of hydrogen-bond donors (Lipinski definition) is 1. The molecule has 0 saturated carbocycles.